The van der Waals surface area contributed by atoms with E-state index in [2.05, 4.69) is 5.16 Å². The number of ketones is 1. The van der Waals surface area contributed by atoms with Crippen molar-refractivity contribution in [2.24, 2.45) is 39.7 Å². The molecule has 3 rings (SSSR count). The van der Waals surface area contributed by atoms with Crippen LogP contribution in [0.3, 0.4) is 0 Å². The Hall–Kier alpha value is -1.43. The molecule has 7 atom stereocenters. The predicted octanol–water partition coefficient (Wildman–Crippen LogP) is 2.71. The van der Waals surface area contributed by atoms with Crippen molar-refractivity contribution < 1.29 is 25.0 Å². The van der Waals surface area contributed by atoms with Gasteiger partial charge >= 0.3 is 5.97 Å². The molecule has 3 aliphatic carbocycles. The van der Waals surface area contributed by atoms with Crippen molar-refractivity contribution in [2.45, 2.75) is 64.9 Å². The number of aliphatic hydroxyl groups is 1. The van der Waals surface area contributed by atoms with Gasteiger partial charge in [-0.2, -0.15) is 0 Å². The van der Waals surface area contributed by atoms with Gasteiger partial charge in [0.15, 0.2) is 0 Å². The van der Waals surface area contributed by atoms with Gasteiger partial charge in [-0.25, -0.2) is 0 Å². The molecule has 3 aliphatic rings. The van der Waals surface area contributed by atoms with Crippen LogP contribution < -0.4 is 0 Å². The number of Topliss-reactive ketones (excluding diaryl/α,β-unsaturated/α-hetero) is 1. The fourth-order valence-corrected chi connectivity index (χ4v) is 6.16. The van der Waals surface area contributed by atoms with Crippen LogP contribution >= 0.6 is 0 Å². The van der Waals surface area contributed by atoms with Gasteiger partial charge in [0, 0.05) is 24.0 Å². The number of carboxylic acid groups (broad SMARTS) is 1. The van der Waals surface area contributed by atoms with Gasteiger partial charge in [-0.05, 0) is 55.8 Å². The lowest BCUT2D eigenvalue weighted by Crippen LogP contribution is -2.53. The van der Waals surface area contributed by atoms with Gasteiger partial charge in [0.05, 0.1) is 12.0 Å². The molecular weight excluding hydrogens is 322 g/mol. The quantitative estimate of drug-likeness (QED) is 0.412. The molecule has 0 amide bonds. The number of fused-ring (bicyclic) bond motifs is 1. The molecule has 0 saturated heterocycles. The normalized spacial score (nSPS) is 47.8. The van der Waals surface area contributed by atoms with Gasteiger partial charge < -0.3 is 15.4 Å². The summed E-state index contributed by atoms with van der Waals surface area (Å²) in [6.07, 6.45) is 5.34. The molecule has 3 N–H and O–H groups in total. The number of rotatable bonds is 3. The Morgan fingerprint density at radius 2 is 1.92 bits per heavy atom. The maximum absolute atomic E-state index is 12.4. The molecule has 0 heterocycles. The zero-order valence-electron chi connectivity index (χ0n) is 15.0. The van der Waals surface area contributed by atoms with Crippen molar-refractivity contribution in [3.8, 4) is 0 Å². The van der Waals surface area contributed by atoms with Crippen molar-refractivity contribution >= 4 is 18.0 Å². The summed E-state index contributed by atoms with van der Waals surface area (Å²) in [4.78, 5) is 24.3. The van der Waals surface area contributed by atoms with Gasteiger partial charge in [0.1, 0.15) is 5.78 Å². The first-order valence-corrected chi connectivity index (χ1v) is 9.35. The molecule has 3 saturated carbocycles. The predicted molar refractivity (Wildman–Crippen MR) is 91.4 cm³/mol. The maximum Gasteiger partial charge on any atom is 0.307 e. The molecule has 0 aliphatic heterocycles. The first-order valence-electron chi connectivity index (χ1n) is 9.35. The Morgan fingerprint density at radius 3 is 2.56 bits per heavy atom. The zero-order chi connectivity index (χ0) is 18.4. The van der Waals surface area contributed by atoms with Crippen molar-refractivity contribution in [2.75, 3.05) is 0 Å². The Kier molecular flexibility index (Phi) is 4.69. The van der Waals surface area contributed by atoms with Crippen molar-refractivity contribution in [1.29, 1.82) is 0 Å². The van der Waals surface area contributed by atoms with Crippen LogP contribution in [0.15, 0.2) is 5.16 Å². The van der Waals surface area contributed by atoms with Gasteiger partial charge in [-0.1, -0.05) is 13.8 Å². The monoisotopic (exact) mass is 351 g/mol. The molecule has 140 valence electrons. The van der Waals surface area contributed by atoms with E-state index >= 15 is 0 Å². The van der Waals surface area contributed by atoms with E-state index in [1.807, 2.05) is 13.8 Å². The number of hydrogen-bond acceptors (Lipinski definition) is 5. The molecule has 6 nitrogen and oxygen atoms in total. The molecular formula is C19H29NO5. The minimum atomic E-state index is -0.864. The highest BCUT2D eigenvalue weighted by molar-refractivity contribution is 5.88. The zero-order valence-corrected chi connectivity index (χ0v) is 15.0. The molecule has 0 unspecified atom stereocenters. The Bertz CT molecular complexity index is 590. The lowest BCUT2D eigenvalue weighted by Gasteiger charge is -2.54. The van der Waals surface area contributed by atoms with E-state index in [1.165, 1.54) is 0 Å². The summed E-state index contributed by atoms with van der Waals surface area (Å²) < 4.78 is 0. The molecule has 0 aromatic rings. The number of carbonyl (C=O) groups excluding carboxylic acids is 1. The largest absolute Gasteiger partial charge is 0.481 e. The van der Waals surface area contributed by atoms with Crippen LogP contribution in [0, 0.1) is 34.5 Å². The third-order valence-electron chi connectivity index (χ3n) is 7.75. The Labute approximate surface area is 148 Å². The average molecular weight is 351 g/mol. The SMILES string of the molecule is C[C@]1([C@H]2CC[C@]3(C)C(=O)CC[C@H]3[C@@H]2/C=N\O)CC[C@H](O)C[C@@H]1C(=O)O. The topological polar surface area (TPSA) is 107 Å². The molecule has 25 heavy (non-hydrogen) atoms. The van der Waals surface area contributed by atoms with Crippen molar-refractivity contribution in [1.82, 2.24) is 0 Å². The van der Waals surface area contributed by atoms with Crippen LogP contribution in [0.2, 0.25) is 0 Å². The summed E-state index contributed by atoms with van der Waals surface area (Å²) in [5, 5.41) is 32.3. The lowest BCUT2D eigenvalue weighted by atomic mass is 9.49. The van der Waals surface area contributed by atoms with Crippen LogP contribution in [-0.4, -0.2) is 39.5 Å². The lowest BCUT2D eigenvalue weighted by molar-refractivity contribution is -0.158. The van der Waals surface area contributed by atoms with E-state index in [-0.39, 0.29) is 35.4 Å². The Balaban J connectivity index is 1.97. The van der Waals surface area contributed by atoms with Gasteiger partial charge in [0.2, 0.25) is 0 Å². The van der Waals surface area contributed by atoms with E-state index in [4.69, 9.17) is 0 Å². The standard InChI is InChI=1S/C19H29NO5/c1-18(7-5-11(21)9-15(18)17(23)24)14-6-8-19(2)13(3-4-16(19)22)12(14)10-20-25/h10-15,21,25H,3-9H2,1-2H3,(H,23,24)/b20-10-/t11-,12-,13-,14-,15+,18+,19-/m0/s1. The summed E-state index contributed by atoms with van der Waals surface area (Å²) in [5.74, 6) is -1.15. The highest BCUT2D eigenvalue weighted by Gasteiger charge is 2.59. The van der Waals surface area contributed by atoms with Gasteiger partial charge in [-0.15, -0.1) is 5.16 Å². The second-order valence-electron chi connectivity index (χ2n) is 8.80. The first-order chi connectivity index (χ1) is 11.7. The number of aliphatic hydroxyl groups excluding tert-OH is 1. The fourth-order valence-electron chi connectivity index (χ4n) is 6.16. The number of oxime groups is 1. The first kappa shape index (κ1) is 18.4. The summed E-state index contributed by atoms with van der Waals surface area (Å²) in [7, 11) is 0. The van der Waals surface area contributed by atoms with Crippen LogP contribution in [0.1, 0.15) is 58.8 Å². The van der Waals surface area contributed by atoms with E-state index in [0.29, 0.717) is 19.3 Å². The highest BCUT2D eigenvalue weighted by atomic mass is 16.4. The second-order valence-corrected chi connectivity index (χ2v) is 8.80. The van der Waals surface area contributed by atoms with Crippen molar-refractivity contribution in [3.05, 3.63) is 0 Å². The number of hydrogen-bond donors (Lipinski definition) is 3. The summed E-state index contributed by atoms with van der Waals surface area (Å²) in [6.45, 7) is 4.03. The van der Waals surface area contributed by atoms with E-state index in [0.717, 1.165) is 19.3 Å². The molecule has 0 aromatic heterocycles. The number of carbonyl (C=O) groups is 2. The van der Waals surface area contributed by atoms with Crippen LogP contribution in [0.5, 0.6) is 0 Å². The number of nitrogens with zero attached hydrogens (tertiary/aromatic N) is 1. The minimum Gasteiger partial charge on any atom is -0.481 e. The molecule has 6 heteroatoms. The Morgan fingerprint density at radius 1 is 1.20 bits per heavy atom. The van der Waals surface area contributed by atoms with Crippen LogP contribution in [0.4, 0.5) is 0 Å². The maximum atomic E-state index is 12.4. The average Bonchev–Trinajstić information content (AvgIpc) is 2.86. The van der Waals surface area contributed by atoms with Crippen LogP contribution in [-0.2, 0) is 9.59 Å². The summed E-state index contributed by atoms with van der Waals surface area (Å²) in [5.41, 5.74) is -0.852. The molecule has 0 bridgehead atoms. The van der Waals surface area contributed by atoms with Gasteiger partial charge in [0.25, 0.3) is 0 Å². The molecule has 3 fully saturated rings. The summed E-state index contributed by atoms with van der Waals surface area (Å²) >= 11 is 0. The van der Waals surface area contributed by atoms with Crippen LogP contribution in [0.25, 0.3) is 0 Å². The molecule has 0 spiro atoms. The third kappa shape index (κ3) is 2.78. The molecule has 0 radical (unpaired) electrons. The number of aliphatic carboxylic acids is 1. The number of carboxylic acids is 1. The molecule has 0 aromatic carbocycles. The highest BCUT2D eigenvalue weighted by Crippen LogP contribution is 2.60. The third-order valence-corrected chi connectivity index (χ3v) is 7.75. The van der Waals surface area contributed by atoms with E-state index < -0.39 is 23.4 Å². The van der Waals surface area contributed by atoms with Crippen molar-refractivity contribution in [3.63, 3.8) is 0 Å². The van der Waals surface area contributed by atoms with E-state index in [1.54, 1.807) is 6.21 Å². The fraction of sp³-hybridized carbons (Fsp3) is 0.842. The smallest absolute Gasteiger partial charge is 0.307 e. The van der Waals surface area contributed by atoms with Gasteiger partial charge in [-0.3, -0.25) is 9.59 Å². The minimum absolute atomic E-state index is 0.0426. The summed E-state index contributed by atoms with van der Waals surface area (Å²) in [6, 6.07) is 0. The van der Waals surface area contributed by atoms with E-state index in [9.17, 15) is 25.0 Å². The second kappa shape index (κ2) is 6.38.